The highest BCUT2D eigenvalue weighted by Gasteiger charge is 2.16. The van der Waals surface area contributed by atoms with Crippen LogP contribution in [0.15, 0.2) is 115 Å². The smallest absolute Gasteiger partial charge is 0.160 e. The molecular formula is C37H31N3. The van der Waals surface area contributed by atoms with Gasteiger partial charge in [0.15, 0.2) is 5.82 Å². The van der Waals surface area contributed by atoms with Gasteiger partial charge in [-0.2, -0.15) is 0 Å². The van der Waals surface area contributed by atoms with Crippen LogP contribution in [0.3, 0.4) is 0 Å². The van der Waals surface area contributed by atoms with Crippen molar-refractivity contribution >= 4 is 16.5 Å². The fourth-order valence-corrected chi connectivity index (χ4v) is 5.20. The number of nitrogens with zero attached hydrogens (tertiary/aromatic N) is 2. The minimum absolute atomic E-state index is 0.144. The van der Waals surface area contributed by atoms with Crippen molar-refractivity contribution in [1.82, 2.24) is 9.97 Å². The van der Waals surface area contributed by atoms with Gasteiger partial charge in [0.25, 0.3) is 0 Å². The highest BCUT2D eigenvalue weighted by molar-refractivity contribution is 5.93. The van der Waals surface area contributed by atoms with Crippen LogP contribution in [-0.4, -0.2) is 16.0 Å². The van der Waals surface area contributed by atoms with Crippen LogP contribution in [-0.2, 0) is 0 Å². The predicted molar refractivity (Wildman–Crippen MR) is 168 cm³/mol. The highest BCUT2D eigenvalue weighted by atomic mass is 14.9. The highest BCUT2D eigenvalue weighted by Crippen LogP contribution is 2.33. The van der Waals surface area contributed by atoms with Crippen LogP contribution in [0.4, 0.5) is 5.69 Å². The summed E-state index contributed by atoms with van der Waals surface area (Å²) in [4.78, 5) is 10.1. The number of hydrogen-bond donors (Lipinski definition) is 1. The number of aryl methyl sites for hydroxylation is 2. The molecule has 0 fully saturated rings. The molecule has 1 aliphatic carbocycles. The van der Waals surface area contributed by atoms with Gasteiger partial charge < -0.3 is 5.32 Å². The lowest BCUT2D eigenvalue weighted by Gasteiger charge is -2.21. The largest absolute Gasteiger partial charge is 0.381 e. The second-order valence-electron chi connectivity index (χ2n) is 10.3. The molecule has 0 spiro atoms. The third-order valence-corrected chi connectivity index (χ3v) is 7.55. The lowest BCUT2D eigenvalue weighted by Crippen LogP contribution is -2.24. The van der Waals surface area contributed by atoms with Crippen molar-refractivity contribution in [2.24, 2.45) is 5.92 Å². The molecule has 1 heterocycles. The molecule has 6 rings (SSSR count). The zero-order chi connectivity index (χ0) is 27.5. The maximum atomic E-state index is 5.08. The first-order chi connectivity index (χ1) is 19.6. The van der Waals surface area contributed by atoms with Crippen molar-refractivity contribution in [3.8, 4) is 45.7 Å². The van der Waals surface area contributed by atoms with Gasteiger partial charge in [-0.15, -0.1) is 0 Å². The van der Waals surface area contributed by atoms with Crippen LogP contribution in [0.1, 0.15) is 18.1 Å². The van der Waals surface area contributed by atoms with Crippen LogP contribution in [0.25, 0.3) is 44.7 Å². The lowest BCUT2D eigenvalue weighted by molar-refractivity contribution is 0.696. The summed E-state index contributed by atoms with van der Waals surface area (Å²) in [6, 6.07) is 31.8. The second kappa shape index (κ2) is 11.0. The first-order valence-electron chi connectivity index (χ1n) is 13.7. The summed E-state index contributed by atoms with van der Waals surface area (Å²) in [5.74, 6) is 7.32. The lowest BCUT2D eigenvalue weighted by atomic mass is 9.98. The number of anilines is 1. The van der Waals surface area contributed by atoms with Crippen LogP contribution >= 0.6 is 0 Å². The molecule has 1 N–H and O–H groups in total. The maximum absolute atomic E-state index is 5.08. The average molecular weight is 518 g/mol. The van der Waals surface area contributed by atoms with E-state index < -0.39 is 0 Å². The van der Waals surface area contributed by atoms with Crippen molar-refractivity contribution in [1.29, 1.82) is 0 Å². The first kappa shape index (κ1) is 25.3. The molecule has 5 aromatic rings. The molecule has 0 saturated heterocycles. The molecule has 2 unspecified atom stereocenters. The maximum Gasteiger partial charge on any atom is 0.160 e. The molecule has 0 radical (unpaired) electrons. The topological polar surface area (TPSA) is 37.8 Å². The van der Waals surface area contributed by atoms with Gasteiger partial charge in [0.2, 0.25) is 0 Å². The van der Waals surface area contributed by atoms with Gasteiger partial charge >= 0.3 is 0 Å². The second-order valence-corrected chi connectivity index (χ2v) is 10.3. The number of fused-ring (bicyclic) bond motifs is 1. The Morgan fingerprint density at radius 3 is 2.40 bits per heavy atom. The Labute approximate surface area is 236 Å². The van der Waals surface area contributed by atoms with E-state index in [4.69, 9.17) is 9.97 Å². The van der Waals surface area contributed by atoms with Gasteiger partial charge in [-0.3, -0.25) is 0 Å². The fourth-order valence-electron chi connectivity index (χ4n) is 5.20. The molecule has 0 amide bonds. The molecule has 3 nitrogen and oxygen atoms in total. The summed E-state index contributed by atoms with van der Waals surface area (Å²) >= 11 is 0. The van der Waals surface area contributed by atoms with E-state index in [1.54, 1.807) is 0 Å². The Morgan fingerprint density at radius 2 is 1.55 bits per heavy atom. The zero-order valence-corrected chi connectivity index (χ0v) is 23.0. The van der Waals surface area contributed by atoms with E-state index in [0.717, 1.165) is 39.6 Å². The van der Waals surface area contributed by atoms with Crippen LogP contribution in [0.2, 0.25) is 0 Å². The Hall–Kier alpha value is -4.94. The third kappa shape index (κ3) is 5.17. The molecule has 1 aliphatic rings. The van der Waals surface area contributed by atoms with Crippen molar-refractivity contribution < 1.29 is 0 Å². The summed E-state index contributed by atoms with van der Waals surface area (Å²) in [6.07, 6.45) is 8.10. The van der Waals surface area contributed by atoms with Crippen LogP contribution < -0.4 is 5.32 Å². The van der Waals surface area contributed by atoms with Gasteiger partial charge in [0.05, 0.1) is 17.3 Å². The van der Waals surface area contributed by atoms with Crippen molar-refractivity contribution in [2.45, 2.75) is 26.8 Å². The Kier molecular flexibility index (Phi) is 7.00. The average Bonchev–Trinajstić information content (AvgIpc) is 3.29. The number of benzene rings is 4. The minimum atomic E-state index is 0.144. The molecule has 40 heavy (non-hydrogen) atoms. The van der Waals surface area contributed by atoms with E-state index in [-0.39, 0.29) is 12.0 Å². The van der Waals surface area contributed by atoms with Crippen molar-refractivity contribution in [2.75, 3.05) is 5.32 Å². The van der Waals surface area contributed by atoms with Crippen LogP contribution in [0.5, 0.6) is 0 Å². The van der Waals surface area contributed by atoms with Crippen LogP contribution in [0, 0.1) is 31.6 Å². The SMILES string of the molecule is Cc1ccccc1-c1cc(-c2ccccc2)nc(-c2ccc3ccc(NC(C)C4C#CC=CC=C4)c(C)c3c2)n1. The number of hydrogen-bond acceptors (Lipinski definition) is 3. The van der Waals surface area contributed by atoms with E-state index >= 15 is 0 Å². The Bertz CT molecular complexity index is 1820. The van der Waals surface area contributed by atoms with Crippen molar-refractivity contribution in [3.63, 3.8) is 0 Å². The third-order valence-electron chi connectivity index (χ3n) is 7.55. The normalized spacial score (nSPS) is 14.8. The Balaban J connectivity index is 1.43. The number of allylic oxidation sites excluding steroid dienone is 3. The molecule has 4 aromatic carbocycles. The fraction of sp³-hybridized carbons (Fsp3) is 0.135. The monoisotopic (exact) mass is 517 g/mol. The van der Waals surface area contributed by atoms with E-state index in [1.165, 1.54) is 21.9 Å². The number of rotatable bonds is 6. The molecule has 2 atom stereocenters. The molecule has 0 saturated carbocycles. The molecule has 194 valence electrons. The van der Waals surface area contributed by atoms with Gasteiger partial charge in [0, 0.05) is 28.4 Å². The summed E-state index contributed by atoms with van der Waals surface area (Å²) in [6.45, 7) is 6.49. The summed E-state index contributed by atoms with van der Waals surface area (Å²) in [5, 5.41) is 6.09. The number of nitrogens with one attached hydrogen (secondary N) is 1. The summed E-state index contributed by atoms with van der Waals surface area (Å²) in [7, 11) is 0. The first-order valence-corrected chi connectivity index (χ1v) is 13.7. The number of aromatic nitrogens is 2. The van der Waals surface area contributed by atoms with Gasteiger partial charge in [-0.1, -0.05) is 103 Å². The molecule has 0 bridgehead atoms. The van der Waals surface area contributed by atoms with Gasteiger partial charge in [-0.25, -0.2) is 9.97 Å². The molecule has 1 aromatic heterocycles. The van der Waals surface area contributed by atoms with Gasteiger partial charge in [0.1, 0.15) is 0 Å². The zero-order valence-electron chi connectivity index (χ0n) is 23.0. The van der Waals surface area contributed by atoms with E-state index in [1.807, 2.05) is 30.4 Å². The summed E-state index contributed by atoms with van der Waals surface area (Å²) in [5.41, 5.74) is 8.53. The van der Waals surface area contributed by atoms with E-state index in [2.05, 4.69) is 123 Å². The van der Waals surface area contributed by atoms with E-state index in [9.17, 15) is 0 Å². The minimum Gasteiger partial charge on any atom is -0.381 e. The van der Waals surface area contributed by atoms with E-state index in [0.29, 0.717) is 0 Å². The van der Waals surface area contributed by atoms with Crippen molar-refractivity contribution in [3.05, 3.63) is 126 Å². The Morgan fingerprint density at radius 1 is 0.775 bits per heavy atom. The molecule has 3 heteroatoms. The quantitative estimate of drug-likeness (QED) is 0.229. The standard InChI is InChI=1S/C37H31N3/c1-25-13-11-12-18-32(25)36-24-35(30-16-9-6-10-17-30)39-37(40-36)31-20-19-29-21-22-34(26(2)33(29)23-31)38-27(3)28-14-7-4-5-8-15-28/h4-7,9-14,16-24,27-28,38H,1-3H3. The predicted octanol–water partition coefficient (Wildman–Crippen LogP) is 8.79. The molecule has 0 aliphatic heterocycles. The molecular weight excluding hydrogens is 486 g/mol. The summed E-state index contributed by atoms with van der Waals surface area (Å²) < 4.78 is 0. The van der Waals surface area contributed by atoms with Gasteiger partial charge in [-0.05, 0) is 66.9 Å².